The number of carbonyl (C=O) groups is 1. The molecule has 0 atom stereocenters. The van der Waals surface area contributed by atoms with Crippen LogP contribution in [-0.4, -0.2) is 53.6 Å². The summed E-state index contributed by atoms with van der Waals surface area (Å²) in [5.74, 6) is -0.745. The zero-order valence-corrected chi connectivity index (χ0v) is 14.3. The minimum absolute atomic E-state index is 0.135. The maximum absolute atomic E-state index is 10.8. The Morgan fingerprint density at radius 3 is 2.67 bits per heavy atom. The summed E-state index contributed by atoms with van der Waals surface area (Å²) in [6.45, 7) is 5.33. The number of halogens is 1. The van der Waals surface area contributed by atoms with Crippen molar-refractivity contribution >= 4 is 21.9 Å². The second-order valence-corrected chi connectivity index (χ2v) is 6.80. The lowest BCUT2D eigenvalue weighted by molar-refractivity contribution is -0.138. The van der Waals surface area contributed by atoms with E-state index in [2.05, 4.69) is 46.0 Å². The number of carboxylic acid groups (broad SMARTS) is 1. The minimum atomic E-state index is -0.745. The Labute approximate surface area is 134 Å². The summed E-state index contributed by atoms with van der Waals surface area (Å²) in [6, 6.07) is 6.82. The molecule has 0 radical (unpaired) electrons. The van der Waals surface area contributed by atoms with Gasteiger partial charge in [-0.3, -0.25) is 14.6 Å². The van der Waals surface area contributed by atoms with Crippen molar-refractivity contribution in [1.29, 1.82) is 0 Å². The Bertz CT molecular complexity index is 499. The number of rotatable bonds is 5. The van der Waals surface area contributed by atoms with Crippen molar-refractivity contribution in [2.45, 2.75) is 32.4 Å². The molecule has 1 saturated heterocycles. The SMILES string of the molecule is Cc1cc(Br)ccc1CN1CCC(N(C)CC(=O)O)CC1. The number of likely N-dealkylation sites (tertiary alicyclic amines) is 1. The summed E-state index contributed by atoms with van der Waals surface area (Å²) >= 11 is 3.50. The second kappa shape index (κ2) is 7.38. The molecule has 1 heterocycles. The number of piperidine rings is 1. The standard InChI is InChI=1S/C16H23BrN2O2/c1-12-9-14(17)4-3-13(12)10-19-7-5-15(6-8-19)18(2)11-16(20)21/h3-4,9,15H,5-8,10-11H2,1-2H3,(H,20,21). The molecule has 1 aromatic carbocycles. The summed E-state index contributed by atoms with van der Waals surface area (Å²) in [6.07, 6.45) is 2.08. The highest BCUT2D eigenvalue weighted by atomic mass is 79.9. The fourth-order valence-electron chi connectivity index (χ4n) is 2.94. The van der Waals surface area contributed by atoms with E-state index >= 15 is 0 Å². The molecule has 4 nitrogen and oxygen atoms in total. The third kappa shape index (κ3) is 4.80. The van der Waals surface area contributed by atoms with Gasteiger partial charge in [0.15, 0.2) is 0 Å². The van der Waals surface area contributed by atoms with E-state index in [0.29, 0.717) is 6.04 Å². The van der Waals surface area contributed by atoms with Crippen LogP contribution in [0.25, 0.3) is 0 Å². The fourth-order valence-corrected chi connectivity index (χ4v) is 3.41. The topological polar surface area (TPSA) is 43.8 Å². The Morgan fingerprint density at radius 2 is 2.10 bits per heavy atom. The molecular weight excluding hydrogens is 332 g/mol. The number of aliphatic carboxylic acids is 1. The first-order chi connectivity index (χ1) is 9.95. The molecule has 0 spiro atoms. The number of hydrogen-bond donors (Lipinski definition) is 1. The van der Waals surface area contributed by atoms with Crippen LogP contribution in [0, 0.1) is 6.92 Å². The van der Waals surface area contributed by atoms with Crippen LogP contribution in [0.3, 0.4) is 0 Å². The lowest BCUT2D eigenvalue weighted by atomic mass is 10.0. The molecule has 0 saturated carbocycles. The smallest absolute Gasteiger partial charge is 0.317 e. The number of benzene rings is 1. The van der Waals surface area contributed by atoms with Crippen molar-refractivity contribution in [1.82, 2.24) is 9.80 Å². The highest BCUT2D eigenvalue weighted by molar-refractivity contribution is 9.10. The molecule has 0 unspecified atom stereocenters. The van der Waals surface area contributed by atoms with Crippen LogP contribution in [0.4, 0.5) is 0 Å². The van der Waals surface area contributed by atoms with Crippen molar-refractivity contribution < 1.29 is 9.90 Å². The van der Waals surface area contributed by atoms with Crippen LogP contribution in [0.2, 0.25) is 0 Å². The number of nitrogens with zero attached hydrogens (tertiary/aromatic N) is 2. The van der Waals surface area contributed by atoms with E-state index in [1.165, 1.54) is 11.1 Å². The minimum Gasteiger partial charge on any atom is -0.480 e. The van der Waals surface area contributed by atoms with Gasteiger partial charge in [0.25, 0.3) is 0 Å². The first-order valence-electron chi connectivity index (χ1n) is 7.35. The van der Waals surface area contributed by atoms with Gasteiger partial charge in [-0.25, -0.2) is 0 Å². The van der Waals surface area contributed by atoms with E-state index in [1.54, 1.807) is 0 Å². The van der Waals surface area contributed by atoms with Gasteiger partial charge in [0.2, 0.25) is 0 Å². The largest absolute Gasteiger partial charge is 0.480 e. The number of aryl methyl sites for hydroxylation is 1. The quantitative estimate of drug-likeness (QED) is 0.882. The summed E-state index contributed by atoms with van der Waals surface area (Å²) < 4.78 is 1.12. The Kier molecular flexibility index (Phi) is 5.79. The molecule has 1 aliphatic rings. The number of likely N-dealkylation sites (N-methyl/N-ethyl adjacent to an activating group) is 1. The van der Waals surface area contributed by atoms with Crippen molar-refractivity contribution in [2.75, 3.05) is 26.7 Å². The van der Waals surface area contributed by atoms with E-state index in [9.17, 15) is 4.79 Å². The summed E-state index contributed by atoms with van der Waals surface area (Å²) in [5, 5.41) is 8.86. The van der Waals surface area contributed by atoms with Gasteiger partial charge < -0.3 is 5.11 Å². The molecule has 0 aliphatic carbocycles. The van der Waals surface area contributed by atoms with Gasteiger partial charge in [-0.2, -0.15) is 0 Å². The molecule has 0 aromatic heterocycles. The normalized spacial score (nSPS) is 17.3. The molecule has 0 amide bonds. The predicted molar refractivity (Wildman–Crippen MR) is 87.4 cm³/mol. The fraction of sp³-hybridized carbons (Fsp3) is 0.562. The van der Waals surface area contributed by atoms with Crippen LogP contribution in [0.5, 0.6) is 0 Å². The van der Waals surface area contributed by atoms with Gasteiger partial charge in [0.05, 0.1) is 6.54 Å². The Hall–Kier alpha value is -0.910. The number of hydrogen-bond acceptors (Lipinski definition) is 3. The predicted octanol–water partition coefficient (Wildman–Crippen LogP) is 2.74. The van der Waals surface area contributed by atoms with Crippen LogP contribution in [-0.2, 0) is 11.3 Å². The van der Waals surface area contributed by atoms with Crippen molar-refractivity contribution in [3.8, 4) is 0 Å². The lowest BCUT2D eigenvalue weighted by Crippen LogP contribution is -2.44. The second-order valence-electron chi connectivity index (χ2n) is 5.89. The van der Waals surface area contributed by atoms with Crippen molar-refractivity contribution in [2.24, 2.45) is 0 Å². The van der Waals surface area contributed by atoms with Gasteiger partial charge in [-0.15, -0.1) is 0 Å². The molecular formula is C16H23BrN2O2. The zero-order chi connectivity index (χ0) is 15.4. The highest BCUT2D eigenvalue weighted by Crippen LogP contribution is 2.21. The van der Waals surface area contributed by atoms with E-state index < -0.39 is 5.97 Å². The molecule has 116 valence electrons. The molecule has 1 N–H and O–H groups in total. The Morgan fingerprint density at radius 1 is 1.43 bits per heavy atom. The van der Waals surface area contributed by atoms with E-state index in [-0.39, 0.29) is 6.54 Å². The van der Waals surface area contributed by atoms with Gasteiger partial charge in [0, 0.05) is 17.1 Å². The summed E-state index contributed by atoms with van der Waals surface area (Å²) in [4.78, 5) is 15.2. The van der Waals surface area contributed by atoms with Crippen LogP contribution >= 0.6 is 15.9 Å². The average molecular weight is 355 g/mol. The van der Waals surface area contributed by atoms with E-state index in [4.69, 9.17) is 5.11 Å². The maximum Gasteiger partial charge on any atom is 0.317 e. The first kappa shape index (κ1) is 16.5. The van der Waals surface area contributed by atoms with Gasteiger partial charge in [-0.1, -0.05) is 22.0 Å². The van der Waals surface area contributed by atoms with Crippen molar-refractivity contribution in [3.63, 3.8) is 0 Å². The molecule has 5 heteroatoms. The van der Waals surface area contributed by atoms with Gasteiger partial charge in [0.1, 0.15) is 0 Å². The monoisotopic (exact) mass is 354 g/mol. The van der Waals surface area contributed by atoms with Crippen LogP contribution < -0.4 is 0 Å². The molecule has 1 aromatic rings. The molecule has 0 bridgehead atoms. The number of carboxylic acids is 1. The summed E-state index contributed by atoms with van der Waals surface area (Å²) in [5.41, 5.74) is 2.69. The molecule has 1 aliphatic heterocycles. The Balaban J connectivity index is 1.85. The van der Waals surface area contributed by atoms with Crippen LogP contribution in [0.1, 0.15) is 24.0 Å². The summed E-state index contributed by atoms with van der Waals surface area (Å²) in [7, 11) is 1.91. The highest BCUT2D eigenvalue weighted by Gasteiger charge is 2.23. The zero-order valence-electron chi connectivity index (χ0n) is 12.7. The lowest BCUT2D eigenvalue weighted by Gasteiger charge is -2.36. The van der Waals surface area contributed by atoms with Crippen LogP contribution in [0.15, 0.2) is 22.7 Å². The van der Waals surface area contributed by atoms with E-state index in [1.807, 2.05) is 11.9 Å². The third-order valence-corrected chi connectivity index (χ3v) is 4.76. The maximum atomic E-state index is 10.8. The van der Waals surface area contributed by atoms with Gasteiger partial charge >= 0.3 is 5.97 Å². The molecule has 21 heavy (non-hydrogen) atoms. The van der Waals surface area contributed by atoms with Crippen molar-refractivity contribution in [3.05, 3.63) is 33.8 Å². The third-order valence-electron chi connectivity index (χ3n) is 4.26. The molecule has 2 rings (SSSR count). The average Bonchev–Trinajstić information content (AvgIpc) is 2.42. The van der Waals surface area contributed by atoms with E-state index in [0.717, 1.165) is 36.9 Å². The van der Waals surface area contributed by atoms with Gasteiger partial charge in [-0.05, 0) is 63.2 Å². The molecule has 1 fully saturated rings. The first-order valence-corrected chi connectivity index (χ1v) is 8.14.